The predicted octanol–water partition coefficient (Wildman–Crippen LogP) is 2.60. The minimum atomic E-state index is -1.45. The Morgan fingerprint density at radius 3 is 2.44 bits per heavy atom. The summed E-state index contributed by atoms with van der Waals surface area (Å²) in [5.41, 5.74) is 0.850. The number of carboxylic acids is 1. The number of carbonyl (C=O) groups is 2. The van der Waals surface area contributed by atoms with Gasteiger partial charge in [-0.1, -0.05) is 11.6 Å². The van der Waals surface area contributed by atoms with Gasteiger partial charge >= 0.3 is 5.97 Å². The first-order valence-corrected chi connectivity index (χ1v) is 6.29. The van der Waals surface area contributed by atoms with Gasteiger partial charge in [0.25, 0.3) is 5.78 Å². The number of nitrogens with zero attached hydrogens (tertiary/aromatic N) is 1. The van der Waals surface area contributed by atoms with Crippen molar-refractivity contribution in [2.24, 2.45) is 0 Å². The highest BCUT2D eigenvalue weighted by molar-refractivity contribution is 6.42. The van der Waals surface area contributed by atoms with Gasteiger partial charge < -0.3 is 10.0 Å². The molecule has 1 saturated heterocycles. The minimum absolute atomic E-state index is 0.178. The molecule has 0 saturated carbocycles. The van der Waals surface area contributed by atoms with Crippen LogP contribution in [0.15, 0.2) is 18.2 Å². The first kappa shape index (κ1) is 12.9. The average molecular weight is 268 g/mol. The Bertz CT molecular complexity index is 481. The lowest BCUT2D eigenvalue weighted by Gasteiger charge is -2.30. The maximum absolute atomic E-state index is 11.7. The number of rotatable bonds is 3. The van der Waals surface area contributed by atoms with Gasteiger partial charge in [0, 0.05) is 23.8 Å². The summed E-state index contributed by atoms with van der Waals surface area (Å²) in [5.74, 6) is -2.35. The molecule has 0 spiro atoms. The van der Waals surface area contributed by atoms with Crippen LogP contribution in [-0.2, 0) is 4.79 Å². The van der Waals surface area contributed by atoms with Crippen molar-refractivity contribution < 1.29 is 14.7 Å². The molecule has 1 fully saturated rings. The van der Waals surface area contributed by atoms with Crippen molar-refractivity contribution in [3.05, 3.63) is 28.8 Å². The van der Waals surface area contributed by atoms with Crippen molar-refractivity contribution in [1.29, 1.82) is 0 Å². The number of carboxylic acid groups (broad SMARTS) is 1. The zero-order valence-corrected chi connectivity index (χ0v) is 10.6. The van der Waals surface area contributed by atoms with E-state index in [4.69, 9.17) is 16.7 Å². The zero-order valence-electron chi connectivity index (χ0n) is 9.86. The van der Waals surface area contributed by atoms with Crippen molar-refractivity contribution in [3.8, 4) is 0 Å². The smallest absolute Gasteiger partial charge is 0.377 e. The highest BCUT2D eigenvalue weighted by atomic mass is 35.5. The molecular formula is C13H14ClNO3. The van der Waals surface area contributed by atoms with Crippen molar-refractivity contribution in [1.82, 2.24) is 0 Å². The van der Waals surface area contributed by atoms with Crippen LogP contribution < -0.4 is 4.90 Å². The van der Waals surface area contributed by atoms with E-state index in [1.807, 2.05) is 0 Å². The average Bonchev–Trinajstić information content (AvgIpc) is 2.38. The molecule has 0 atom stereocenters. The van der Waals surface area contributed by atoms with Crippen molar-refractivity contribution in [2.45, 2.75) is 19.3 Å². The molecule has 1 aliphatic heterocycles. The van der Waals surface area contributed by atoms with E-state index in [0.717, 1.165) is 25.9 Å². The fourth-order valence-corrected chi connectivity index (χ4v) is 2.39. The van der Waals surface area contributed by atoms with Crippen LogP contribution in [-0.4, -0.2) is 29.9 Å². The second-order valence-corrected chi connectivity index (χ2v) is 4.78. The SMILES string of the molecule is O=C(O)C(=O)c1cc(Cl)ccc1N1CCCCC1. The molecule has 1 aromatic carbocycles. The largest absolute Gasteiger partial charge is 0.475 e. The fraction of sp³-hybridized carbons (Fsp3) is 0.385. The summed E-state index contributed by atoms with van der Waals surface area (Å²) in [6.07, 6.45) is 3.29. The molecule has 0 aliphatic carbocycles. The van der Waals surface area contributed by atoms with E-state index in [0.29, 0.717) is 10.7 Å². The Labute approximate surface area is 110 Å². The highest BCUT2D eigenvalue weighted by Crippen LogP contribution is 2.27. The van der Waals surface area contributed by atoms with Crippen LogP contribution in [0.1, 0.15) is 29.6 Å². The third-order valence-corrected chi connectivity index (χ3v) is 3.33. The zero-order chi connectivity index (χ0) is 13.1. The Morgan fingerprint density at radius 1 is 1.17 bits per heavy atom. The second-order valence-electron chi connectivity index (χ2n) is 4.34. The summed E-state index contributed by atoms with van der Waals surface area (Å²) in [5, 5.41) is 9.21. The maximum Gasteiger partial charge on any atom is 0.377 e. The van der Waals surface area contributed by atoms with Gasteiger partial charge in [-0.25, -0.2) is 4.79 Å². The number of Topliss-reactive ketones (excluding diaryl/α,β-unsaturated/α-hetero) is 1. The van der Waals surface area contributed by atoms with Gasteiger partial charge in [0.2, 0.25) is 0 Å². The number of hydrogen-bond acceptors (Lipinski definition) is 3. The molecule has 5 heteroatoms. The molecule has 1 heterocycles. The van der Waals surface area contributed by atoms with E-state index in [1.165, 1.54) is 12.5 Å². The molecule has 18 heavy (non-hydrogen) atoms. The molecule has 0 unspecified atom stereocenters. The molecule has 4 nitrogen and oxygen atoms in total. The van der Waals surface area contributed by atoms with Crippen molar-refractivity contribution in [3.63, 3.8) is 0 Å². The van der Waals surface area contributed by atoms with Crippen LogP contribution in [0.4, 0.5) is 5.69 Å². The first-order valence-electron chi connectivity index (χ1n) is 5.91. The van der Waals surface area contributed by atoms with E-state index in [2.05, 4.69) is 4.90 Å². The number of piperidine rings is 1. The number of anilines is 1. The van der Waals surface area contributed by atoms with Crippen molar-refractivity contribution >= 4 is 29.0 Å². The van der Waals surface area contributed by atoms with Gasteiger partial charge in [-0.05, 0) is 37.5 Å². The lowest BCUT2D eigenvalue weighted by atomic mass is 10.0. The van der Waals surface area contributed by atoms with Crippen LogP contribution in [0.25, 0.3) is 0 Å². The molecule has 0 radical (unpaired) electrons. The summed E-state index contributed by atoms with van der Waals surface area (Å²) in [6.45, 7) is 1.70. The molecule has 1 aromatic rings. The number of halogens is 1. The Kier molecular flexibility index (Phi) is 3.87. The van der Waals surface area contributed by atoms with Crippen LogP contribution in [0.5, 0.6) is 0 Å². The summed E-state index contributed by atoms with van der Waals surface area (Å²) in [4.78, 5) is 24.6. The van der Waals surface area contributed by atoms with Crippen LogP contribution >= 0.6 is 11.6 Å². The number of ketones is 1. The molecule has 0 bridgehead atoms. The normalized spacial score (nSPS) is 15.5. The maximum atomic E-state index is 11.7. The summed E-state index contributed by atoms with van der Waals surface area (Å²) >= 11 is 5.84. The third-order valence-electron chi connectivity index (χ3n) is 3.09. The van der Waals surface area contributed by atoms with Gasteiger partial charge in [0.15, 0.2) is 0 Å². The van der Waals surface area contributed by atoms with Gasteiger partial charge in [-0.2, -0.15) is 0 Å². The quantitative estimate of drug-likeness (QED) is 0.676. The second kappa shape index (κ2) is 5.40. The topological polar surface area (TPSA) is 57.6 Å². The summed E-state index contributed by atoms with van der Waals surface area (Å²) < 4.78 is 0. The molecule has 1 aliphatic rings. The van der Waals surface area contributed by atoms with Crippen LogP contribution in [0.2, 0.25) is 5.02 Å². The Morgan fingerprint density at radius 2 is 1.83 bits per heavy atom. The molecule has 1 N–H and O–H groups in total. The monoisotopic (exact) mass is 267 g/mol. The first-order chi connectivity index (χ1) is 8.59. The molecule has 0 aromatic heterocycles. The third kappa shape index (κ3) is 2.64. The minimum Gasteiger partial charge on any atom is -0.475 e. The van der Waals surface area contributed by atoms with E-state index < -0.39 is 11.8 Å². The lowest BCUT2D eigenvalue weighted by Crippen LogP contribution is -2.31. The number of carbonyl (C=O) groups excluding carboxylic acids is 1. The Hall–Kier alpha value is -1.55. The fourth-order valence-electron chi connectivity index (χ4n) is 2.22. The number of aliphatic carboxylic acids is 1. The standard InChI is InChI=1S/C13H14ClNO3/c14-9-4-5-11(15-6-2-1-3-7-15)10(8-9)12(16)13(17)18/h4-5,8H,1-3,6-7H2,(H,17,18). The van der Waals surface area contributed by atoms with Gasteiger partial charge in [-0.15, -0.1) is 0 Å². The van der Waals surface area contributed by atoms with E-state index in [9.17, 15) is 9.59 Å². The molecular weight excluding hydrogens is 254 g/mol. The van der Waals surface area contributed by atoms with Gasteiger partial charge in [0.05, 0.1) is 5.56 Å². The molecule has 2 rings (SSSR count). The van der Waals surface area contributed by atoms with Crippen molar-refractivity contribution in [2.75, 3.05) is 18.0 Å². The van der Waals surface area contributed by atoms with Crippen LogP contribution in [0, 0.1) is 0 Å². The molecule has 0 amide bonds. The summed E-state index contributed by atoms with van der Waals surface area (Å²) in [6, 6.07) is 4.84. The Balaban J connectivity index is 2.39. The lowest BCUT2D eigenvalue weighted by molar-refractivity contribution is -0.131. The number of benzene rings is 1. The summed E-state index contributed by atoms with van der Waals surface area (Å²) in [7, 11) is 0. The molecule has 96 valence electrons. The van der Waals surface area contributed by atoms with E-state index in [-0.39, 0.29) is 5.56 Å². The van der Waals surface area contributed by atoms with E-state index in [1.54, 1.807) is 12.1 Å². The van der Waals surface area contributed by atoms with E-state index >= 15 is 0 Å². The van der Waals surface area contributed by atoms with Crippen LogP contribution in [0.3, 0.4) is 0 Å². The number of hydrogen-bond donors (Lipinski definition) is 1. The van der Waals surface area contributed by atoms with Gasteiger partial charge in [-0.3, -0.25) is 4.79 Å². The van der Waals surface area contributed by atoms with Gasteiger partial charge in [0.1, 0.15) is 0 Å². The highest BCUT2D eigenvalue weighted by Gasteiger charge is 2.22. The predicted molar refractivity (Wildman–Crippen MR) is 69.5 cm³/mol.